The zero-order chi connectivity index (χ0) is 30.9. The second-order valence-electron chi connectivity index (χ2n) is 12.1. The Hall–Kier alpha value is -5.90. The maximum Gasteiger partial charge on any atom is 0.143 e. The number of rotatable bonds is 4. The number of para-hydroxylation sites is 1. The van der Waals surface area contributed by atoms with E-state index in [-0.39, 0.29) is 0 Å². The SMILES string of the molecule is c1ccc(N(c2ccc(-c3cccc4ccccc34)cc2)c2ccc3c(c2)sc2ccc4oc5c6ccccc6ccc5c4c23)cc1. The molecule has 0 aliphatic heterocycles. The highest BCUT2D eigenvalue weighted by atomic mass is 32.1. The van der Waals surface area contributed by atoms with E-state index in [1.807, 2.05) is 11.3 Å². The van der Waals surface area contributed by atoms with Crippen LogP contribution in [0.1, 0.15) is 0 Å². The van der Waals surface area contributed by atoms with Gasteiger partial charge in [-0.05, 0) is 81.9 Å². The Labute approximate surface area is 275 Å². The number of furan rings is 1. The van der Waals surface area contributed by atoms with Crippen molar-refractivity contribution in [1.29, 1.82) is 0 Å². The van der Waals surface area contributed by atoms with Crippen LogP contribution in [0.15, 0.2) is 168 Å². The molecule has 0 spiro atoms. The van der Waals surface area contributed by atoms with Gasteiger partial charge < -0.3 is 9.32 Å². The summed E-state index contributed by atoms with van der Waals surface area (Å²) in [6.45, 7) is 0. The summed E-state index contributed by atoms with van der Waals surface area (Å²) in [7, 11) is 0. The predicted molar refractivity (Wildman–Crippen MR) is 202 cm³/mol. The highest BCUT2D eigenvalue weighted by Crippen LogP contribution is 2.46. The summed E-state index contributed by atoms with van der Waals surface area (Å²) in [5.41, 5.74) is 7.74. The molecule has 3 heteroatoms. The van der Waals surface area contributed by atoms with E-state index in [0.29, 0.717) is 0 Å². The van der Waals surface area contributed by atoms with Crippen LogP contribution in [0.25, 0.3) is 74.8 Å². The van der Waals surface area contributed by atoms with E-state index in [2.05, 4.69) is 169 Å². The fraction of sp³-hybridized carbons (Fsp3) is 0. The van der Waals surface area contributed by atoms with Gasteiger partial charge in [-0.2, -0.15) is 0 Å². The standard InChI is InChI=1S/C44H27NOS/c1-2-12-31(13-3-1)45(32-20-17-30(18-21-32)35-16-8-11-28-9-4-6-14-34(28)35)33-22-24-37-41(27-33)47-40-26-25-39-42(43(37)40)38-23-19-29-10-5-7-15-36(29)44(38)46-39/h1-27H. The van der Waals surface area contributed by atoms with Gasteiger partial charge in [0.1, 0.15) is 11.2 Å². The minimum Gasteiger partial charge on any atom is -0.455 e. The van der Waals surface area contributed by atoms with Gasteiger partial charge in [-0.3, -0.25) is 0 Å². The van der Waals surface area contributed by atoms with Crippen molar-refractivity contribution in [3.63, 3.8) is 0 Å². The third kappa shape index (κ3) is 4.10. The first-order valence-electron chi connectivity index (χ1n) is 15.9. The lowest BCUT2D eigenvalue weighted by molar-refractivity contribution is 0.673. The molecule has 47 heavy (non-hydrogen) atoms. The van der Waals surface area contributed by atoms with Crippen LogP contribution >= 0.6 is 11.3 Å². The third-order valence-electron chi connectivity index (χ3n) is 9.44. The highest BCUT2D eigenvalue weighted by Gasteiger charge is 2.19. The van der Waals surface area contributed by atoms with Crippen LogP contribution in [0, 0.1) is 0 Å². The molecule has 2 heterocycles. The van der Waals surface area contributed by atoms with E-state index in [4.69, 9.17) is 4.42 Å². The van der Waals surface area contributed by atoms with Crippen molar-refractivity contribution < 1.29 is 4.42 Å². The van der Waals surface area contributed by atoms with Crippen LogP contribution in [-0.4, -0.2) is 0 Å². The van der Waals surface area contributed by atoms with E-state index in [9.17, 15) is 0 Å². The lowest BCUT2D eigenvalue weighted by atomic mass is 9.98. The van der Waals surface area contributed by atoms with Gasteiger partial charge in [0.2, 0.25) is 0 Å². The molecule has 0 aliphatic rings. The summed E-state index contributed by atoms with van der Waals surface area (Å²) < 4.78 is 9.06. The first-order chi connectivity index (χ1) is 23.3. The molecule has 0 amide bonds. The predicted octanol–water partition coefficient (Wildman–Crippen LogP) is 13.4. The maximum absolute atomic E-state index is 6.53. The molecule has 0 aliphatic carbocycles. The molecule has 0 atom stereocenters. The summed E-state index contributed by atoms with van der Waals surface area (Å²) in [5, 5.41) is 9.78. The zero-order valence-corrected chi connectivity index (χ0v) is 26.2. The second-order valence-corrected chi connectivity index (χ2v) is 13.2. The Kier molecular flexibility index (Phi) is 5.78. The number of nitrogens with zero attached hydrogens (tertiary/aromatic N) is 1. The number of hydrogen-bond donors (Lipinski definition) is 0. The van der Waals surface area contributed by atoms with E-state index in [1.165, 1.54) is 58.2 Å². The molecule has 2 aromatic heterocycles. The van der Waals surface area contributed by atoms with Gasteiger partial charge in [0, 0.05) is 53.4 Å². The average molecular weight is 618 g/mol. The molecule has 0 bridgehead atoms. The van der Waals surface area contributed by atoms with E-state index in [1.54, 1.807) is 0 Å². The summed E-state index contributed by atoms with van der Waals surface area (Å²) >= 11 is 1.85. The Morgan fingerprint density at radius 2 is 1.11 bits per heavy atom. The molecule has 0 N–H and O–H groups in total. The van der Waals surface area contributed by atoms with E-state index >= 15 is 0 Å². The van der Waals surface area contributed by atoms with Gasteiger partial charge in [0.15, 0.2) is 0 Å². The molecule has 0 saturated heterocycles. The van der Waals surface area contributed by atoms with Crippen LogP contribution < -0.4 is 4.90 Å². The summed E-state index contributed by atoms with van der Waals surface area (Å²) in [5.74, 6) is 0. The number of benzene rings is 8. The maximum atomic E-state index is 6.53. The van der Waals surface area contributed by atoms with E-state index < -0.39 is 0 Å². The van der Waals surface area contributed by atoms with Gasteiger partial charge in [0.05, 0.1) is 0 Å². The first-order valence-corrected chi connectivity index (χ1v) is 16.7. The smallest absolute Gasteiger partial charge is 0.143 e. The van der Waals surface area contributed by atoms with E-state index in [0.717, 1.165) is 33.6 Å². The first kappa shape index (κ1) is 26.3. The van der Waals surface area contributed by atoms with Crippen molar-refractivity contribution in [1.82, 2.24) is 0 Å². The molecular weight excluding hydrogens is 591 g/mol. The summed E-state index contributed by atoms with van der Waals surface area (Å²) in [6, 6.07) is 58.9. The van der Waals surface area contributed by atoms with Gasteiger partial charge in [-0.25, -0.2) is 0 Å². The lowest BCUT2D eigenvalue weighted by Crippen LogP contribution is -2.09. The molecule has 2 nitrogen and oxygen atoms in total. The number of hydrogen-bond acceptors (Lipinski definition) is 3. The van der Waals surface area contributed by atoms with Crippen molar-refractivity contribution >= 4 is 92.1 Å². The molecule has 8 aromatic carbocycles. The fourth-order valence-corrected chi connectivity index (χ4v) is 8.43. The van der Waals surface area contributed by atoms with Gasteiger partial charge in [-0.1, -0.05) is 109 Å². The lowest BCUT2D eigenvalue weighted by Gasteiger charge is -2.25. The molecule has 0 saturated carbocycles. The molecule has 0 unspecified atom stereocenters. The Morgan fingerprint density at radius 3 is 1.96 bits per heavy atom. The van der Waals surface area contributed by atoms with Crippen LogP contribution in [0.5, 0.6) is 0 Å². The minimum atomic E-state index is 0.935. The van der Waals surface area contributed by atoms with Crippen LogP contribution in [0.2, 0.25) is 0 Å². The average Bonchev–Trinajstić information content (AvgIpc) is 3.70. The molecule has 10 aromatic rings. The van der Waals surface area contributed by atoms with Crippen molar-refractivity contribution in [2.45, 2.75) is 0 Å². The van der Waals surface area contributed by atoms with Gasteiger partial charge in [-0.15, -0.1) is 11.3 Å². The van der Waals surface area contributed by atoms with Crippen LogP contribution in [0.4, 0.5) is 17.1 Å². The fourth-order valence-electron chi connectivity index (χ4n) is 7.28. The topological polar surface area (TPSA) is 16.4 Å². The normalized spacial score (nSPS) is 11.8. The van der Waals surface area contributed by atoms with Crippen LogP contribution in [-0.2, 0) is 0 Å². The van der Waals surface area contributed by atoms with Crippen molar-refractivity contribution in [2.24, 2.45) is 0 Å². The van der Waals surface area contributed by atoms with Gasteiger partial charge >= 0.3 is 0 Å². The zero-order valence-electron chi connectivity index (χ0n) is 25.4. The number of thiophene rings is 1. The number of anilines is 3. The van der Waals surface area contributed by atoms with Crippen LogP contribution in [0.3, 0.4) is 0 Å². The van der Waals surface area contributed by atoms with Crippen molar-refractivity contribution in [3.8, 4) is 11.1 Å². The molecule has 10 rings (SSSR count). The van der Waals surface area contributed by atoms with Gasteiger partial charge in [0.25, 0.3) is 0 Å². The molecule has 0 radical (unpaired) electrons. The quantitative estimate of drug-likeness (QED) is 0.195. The second kappa shape index (κ2) is 10.3. The highest BCUT2D eigenvalue weighted by molar-refractivity contribution is 7.26. The summed E-state index contributed by atoms with van der Waals surface area (Å²) in [6.07, 6.45) is 0. The Bertz CT molecular complexity index is 2790. The monoisotopic (exact) mass is 617 g/mol. The molecule has 0 fully saturated rings. The minimum absolute atomic E-state index is 0.935. The number of fused-ring (bicyclic) bond motifs is 10. The Balaban J connectivity index is 1.13. The van der Waals surface area contributed by atoms with Crippen molar-refractivity contribution in [3.05, 3.63) is 164 Å². The summed E-state index contributed by atoms with van der Waals surface area (Å²) in [4.78, 5) is 2.35. The molecular formula is C44H27NOS. The Morgan fingerprint density at radius 1 is 0.426 bits per heavy atom. The van der Waals surface area contributed by atoms with Crippen molar-refractivity contribution in [2.75, 3.05) is 4.90 Å². The largest absolute Gasteiger partial charge is 0.455 e. The molecule has 220 valence electrons. The third-order valence-corrected chi connectivity index (χ3v) is 10.6.